The summed E-state index contributed by atoms with van der Waals surface area (Å²) in [5, 5.41) is 11.2. The maximum absolute atomic E-state index is 12.4. The molecule has 144 valence electrons. The van der Waals surface area contributed by atoms with Crippen LogP contribution in [0.25, 0.3) is 5.57 Å². The minimum Gasteiger partial charge on any atom is -0.464 e. The van der Waals surface area contributed by atoms with Crippen molar-refractivity contribution in [1.82, 2.24) is 9.55 Å². The molecular formula is C20H15Cl3N2O3. The van der Waals surface area contributed by atoms with Crippen LogP contribution in [0.2, 0.25) is 10.0 Å². The molecule has 28 heavy (non-hydrogen) atoms. The van der Waals surface area contributed by atoms with E-state index in [4.69, 9.17) is 39.5 Å². The van der Waals surface area contributed by atoms with Crippen molar-refractivity contribution < 1.29 is 14.6 Å². The molecule has 1 aromatic heterocycles. The molecule has 0 unspecified atom stereocenters. The summed E-state index contributed by atoms with van der Waals surface area (Å²) in [5.41, 5.74) is 4.56. The number of esters is 1. The molecule has 0 aliphatic heterocycles. The molecule has 0 radical (unpaired) electrons. The molecule has 0 saturated heterocycles. The van der Waals surface area contributed by atoms with Crippen molar-refractivity contribution in [1.29, 1.82) is 0 Å². The van der Waals surface area contributed by atoms with Gasteiger partial charge in [-0.15, -0.1) is 5.73 Å². The summed E-state index contributed by atoms with van der Waals surface area (Å²) in [5.74, 6) is -0.217. The van der Waals surface area contributed by atoms with Crippen molar-refractivity contribution in [2.75, 3.05) is 7.11 Å². The Morgan fingerprint density at radius 2 is 2.11 bits per heavy atom. The highest BCUT2D eigenvalue weighted by Gasteiger charge is 2.25. The number of nitrogens with zero attached hydrogens (tertiary/aromatic N) is 2. The van der Waals surface area contributed by atoms with Gasteiger partial charge in [0, 0.05) is 20.7 Å². The molecule has 0 atom stereocenters. The number of rotatable bonds is 5. The lowest BCUT2D eigenvalue weighted by Gasteiger charge is -2.13. The molecule has 1 aliphatic rings. The second-order valence-electron chi connectivity index (χ2n) is 5.83. The van der Waals surface area contributed by atoms with Crippen LogP contribution in [0.3, 0.4) is 0 Å². The summed E-state index contributed by atoms with van der Waals surface area (Å²) in [4.78, 5) is 16.9. The van der Waals surface area contributed by atoms with E-state index in [0.717, 1.165) is 0 Å². The topological polar surface area (TPSA) is 64.3 Å². The molecule has 0 amide bonds. The standard InChI is InChI=1S/C20H15Cl3N2O3/c1-28-20(27)18-17(11-26)24-19(12-4-2-3-5-14(21)8-12)25(18)10-13-9-15(22)6-7-16(13)23/h3-9,26H,10-11H2,1H3. The molecule has 3 rings (SSSR count). The summed E-state index contributed by atoms with van der Waals surface area (Å²) in [6, 6.07) is 5.06. The third-order valence-electron chi connectivity index (χ3n) is 4.03. The number of ether oxygens (including phenoxy) is 1. The monoisotopic (exact) mass is 436 g/mol. The second-order valence-corrected chi connectivity index (χ2v) is 7.11. The van der Waals surface area contributed by atoms with Gasteiger partial charge in [0.1, 0.15) is 5.82 Å². The van der Waals surface area contributed by atoms with Crippen molar-refractivity contribution in [3.8, 4) is 0 Å². The van der Waals surface area contributed by atoms with Gasteiger partial charge in [-0.1, -0.05) is 34.8 Å². The largest absolute Gasteiger partial charge is 0.464 e. The minimum absolute atomic E-state index is 0.124. The zero-order valence-electron chi connectivity index (χ0n) is 14.7. The molecule has 5 nitrogen and oxygen atoms in total. The SMILES string of the molecule is COC(=O)c1c(CO)nc(C2=CC(Cl)=CC=C=C2)n1Cc1cc(Cl)ccc1Cl. The van der Waals surface area contributed by atoms with Gasteiger partial charge in [0.15, 0.2) is 5.69 Å². The van der Waals surface area contributed by atoms with Gasteiger partial charge in [0.2, 0.25) is 0 Å². The van der Waals surface area contributed by atoms with E-state index in [1.54, 1.807) is 47.1 Å². The number of methoxy groups -OCH3 is 1. The normalized spacial score (nSPS) is 13.2. The number of imidazole rings is 1. The van der Waals surface area contributed by atoms with Crippen LogP contribution in [0.4, 0.5) is 0 Å². The van der Waals surface area contributed by atoms with Crippen LogP contribution in [0.1, 0.15) is 27.6 Å². The number of allylic oxidation sites excluding steroid dienone is 5. The third kappa shape index (κ3) is 4.25. The molecule has 1 aromatic carbocycles. The third-order valence-corrected chi connectivity index (χ3v) is 4.87. The van der Waals surface area contributed by atoms with E-state index in [2.05, 4.69) is 10.7 Å². The quantitative estimate of drug-likeness (QED) is 0.542. The summed E-state index contributed by atoms with van der Waals surface area (Å²) in [6.45, 7) is -0.257. The molecule has 1 heterocycles. The van der Waals surface area contributed by atoms with Crippen molar-refractivity contribution in [2.45, 2.75) is 13.2 Å². The average Bonchev–Trinajstić information content (AvgIpc) is 2.90. The summed E-state index contributed by atoms with van der Waals surface area (Å²) < 4.78 is 6.52. The number of aliphatic hydroxyl groups is 1. The van der Waals surface area contributed by atoms with E-state index >= 15 is 0 Å². The Morgan fingerprint density at radius 3 is 2.82 bits per heavy atom. The molecule has 1 aliphatic carbocycles. The first-order valence-electron chi connectivity index (χ1n) is 8.17. The lowest BCUT2D eigenvalue weighted by Crippen LogP contribution is -2.15. The molecule has 2 aromatic rings. The smallest absolute Gasteiger partial charge is 0.356 e. The molecular weight excluding hydrogens is 423 g/mol. The zero-order chi connectivity index (χ0) is 20.3. The van der Waals surface area contributed by atoms with E-state index in [-0.39, 0.29) is 17.9 Å². The molecule has 0 spiro atoms. The van der Waals surface area contributed by atoms with Crippen molar-refractivity contribution >= 4 is 46.3 Å². The van der Waals surface area contributed by atoms with Gasteiger partial charge in [-0.25, -0.2) is 9.78 Å². The van der Waals surface area contributed by atoms with E-state index in [1.165, 1.54) is 7.11 Å². The number of carbonyl (C=O) groups is 1. The van der Waals surface area contributed by atoms with Crippen molar-refractivity contribution in [3.63, 3.8) is 0 Å². The van der Waals surface area contributed by atoms with Gasteiger partial charge in [-0.2, -0.15) is 0 Å². The van der Waals surface area contributed by atoms with Gasteiger partial charge in [0.05, 0.1) is 26.0 Å². The van der Waals surface area contributed by atoms with Gasteiger partial charge < -0.3 is 14.4 Å². The van der Waals surface area contributed by atoms with Gasteiger partial charge in [-0.05, 0) is 48.1 Å². The molecule has 0 saturated carbocycles. The average molecular weight is 438 g/mol. The fraction of sp³-hybridized carbons (Fsp3) is 0.150. The second kappa shape index (κ2) is 8.82. The van der Waals surface area contributed by atoms with E-state index in [1.807, 2.05) is 0 Å². The Labute approximate surface area is 176 Å². The Hall–Kier alpha value is -2.27. The van der Waals surface area contributed by atoms with Crippen LogP contribution < -0.4 is 0 Å². The first kappa shape index (κ1) is 20.5. The predicted molar refractivity (Wildman–Crippen MR) is 110 cm³/mol. The number of hydrogen-bond donors (Lipinski definition) is 1. The van der Waals surface area contributed by atoms with Crippen LogP contribution in [0, 0.1) is 0 Å². The highest BCUT2D eigenvalue weighted by Crippen LogP contribution is 2.28. The lowest BCUT2D eigenvalue weighted by molar-refractivity contribution is 0.0585. The number of aliphatic hydroxyl groups excluding tert-OH is 1. The first-order chi connectivity index (χ1) is 13.4. The predicted octanol–water partition coefficient (Wildman–Crippen LogP) is 4.75. The Balaban J connectivity index is 2.24. The number of benzene rings is 1. The Bertz CT molecular complexity index is 1060. The highest BCUT2D eigenvalue weighted by atomic mass is 35.5. The summed E-state index contributed by atoms with van der Waals surface area (Å²) in [6.07, 6.45) is 6.73. The van der Waals surface area contributed by atoms with Crippen LogP contribution in [-0.2, 0) is 17.9 Å². The summed E-state index contributed by atoms with van der Waals surface area (Å²) >= 11 is 18.6. The number of halogens is 3. The first-order valence-corrected chi connectivity index (χ1v) is 9.30. The van der Waals surface area contributed by atoms with Crippen LogP contribution in [0.5, 0.6) is 0 Å². The van der Waals surface area contributed by atoms with Gasteiger partial charge in [0.25, 0.3) is 0 Å². The van der Waals surface area contributed by atoms with E-state index in [0.29, 0.717) is 32.0 Å². The van der Waals surface area contributed by atoms with Crippen LogP contribution >= 0.6 is 34.8 Å². The maximum atomic E-state index is 12.4. The zero-order valence-corrected chi connectivity index (χ0v) is 17.0. The van der Waals surface area contributed by atoms with E-state index < -0.39 is 12.6 Å². The van der Waals surface area contributed by atoms with Crippen LogP contribution in [0.15, 0.2) is 53.3 Å². The Kier molecular flexibility index (Phi) is 6.45. The van der Waals surface area contributed by atoms with Crippen LogP contribution in [-0.4, -0.2) is 27.7 Å². The molecule has 0 fully saturated rings. The maximum Gasteiger partial charge on any atom is 0.356 e. The molecule has 1 N–H and O–H groups in total. The molecule has 8 heteroatoms. The Morgan fingerprint density at radius 1 is 1.32 bits per heavy atom. The highest BCUT2D eigenvalue weighted by molar-refractivity contribution is 6.33. The number of hydrogen-bond acceptors (Lipinski definition) is 4. The fourth-order valence-corrected chi connectivity index (χ4v) is 3.33. The summed E-state index contributed by atoms with van der Waals surface area (Å²) in [7, 11) is 1.26. The number of aromatic nitrogens is 2. The minimum atomic E-state index is -0.628. The molecule has 0 bridgehead atoms. The van der Waals surface area contributed by atoms with E-state index in [9.17, 15) is 9.90 Å². The lowest BCUT2D eigenvalue weighted by atomic mass is 10.2. The van der Waals surface area contributed by atoms with Gasteiger partial charge in [-0.3, -0.25) is 0 Å². The van der Waals surface area contributed by atoms with Gasteiger partial charge >= 0.3 is 5.97 Å². The number of carbonyl (C=O) groups excluding carboxylic acids is 1. The fourth-order valence-electron chi connectivity index (χ4n) is 2.78. The van der Waals surface area contributed by atoms with Crippen molar-refractivity contribution in [3.05, 3.63) is 86.1 Å². The van der Waals surface area contributed by atoms with Crippen molar-refractivity contribution in [2.24, 2.45) is 0 Å².